The summed E-state index contributed by atoms with van der Waals surface area (Å²) in [6, 6.07) is 7.08. The molecule has 0 spiro atoms. The van der Waals surface area contributed by atoms with Gasteiger partial charge in [0.05, 0.1) is 5.54 Å². The van der Waals surface area contributed by atoms with E-state index in [4.69, 9.17) is 0 Å². The standard InChI is InChI=1S/C14H18N2O2/c1-9-5-7-10(8-6-9)11-12(17)13(18)16(15-11)14(2,3)4/h5-8,11,15H,1-4H3. The second-order valence-electron chi connectivity index (χ2n) is 5.65. The van der Waals surface area contributed by atoms with Gasteiger partial charge in [-0.2, -0.15) is 0 Å². The quantitative estimate of drug-likeness (QED) is 0.768. The van der Waals surface area contributed by atoms with E-state index in [-0.39, 0.29) is 0 Å². The second kappa shape index (κ2) is 4.21. The van der Waals surface area contributed by atoms with Gasteiger partial charge in [0.25, 0.3) is 0 Å². The molecule has 18 heavy (non-hydrogen) atoms. The normalized spacial score (nSPS) is 20.7. The fourth-order valence-corrected chi connectivity index (χ4v) is 1.96. The molecule has 0 radical (unpaired) electrons. The summed E-state index contributed by atoms with van der Waals surface area (Å²) in [5.41, 5.74) is 4.54. The van der Waals surface area contributed by atoms with E-state index >= 15 is 0 Å². The first-order valence-corrected chi connectivity index (χ1v) is 6.02. The Morgan fingerprint density at radius 1 is 1.11 bits per heavy atom. The number of nitrogens with one attached hydrogen (secondary N) is 1. The largest absolute Gasteiger partial charge is 0.306 e. The van der Waals surface area contributed by atoms with Gasteiger partial charge in [0, 0.05) is 0 Å². The lowest BCUT2D eigenvalue weighted by Gasteiger charge is -2.31. The van der Waals surface area contributed by atoms with Crippen molar-refractivity contribution in [3.05, 3.63) is 35.4 Å². The van der Waals surface area contributed by atoms with Gasteiger partial charge in [-0.15, -0.1) is 0 Å². The minimum absolute atomic E-state index is 0.395. The van der Waals surface area contributed by atoms with E-state index in [0.717, 1.165) is 11.1 Å². The molecule has 1 unspecified atom stereocenters. The third kappa shape index (κ3) is 2.16. The van der Waals surface area contributed by atoms with Crippen LogP contribution in [0.3, 0.4) is 0 Å². The van der Waals surface area contributed by atoms with Crippen molar-refractivity contribution in [3.63, 3.8) is 0 Å². The summed E-state index contributed by atoms with van der Waals surface area (Å²) < 4.78 is 0. The third-order valence-corrected chi connectivity index (χ3v) is 3.02. The van der Waals surface area contributed by atoms with Gasteiger partial charge in [-0.1, -0.05) is 29.8 Å². The minimum atomic E-state index is -0.558. The average molecular weight is 246 g/mol. The molecule has 1 aliphatic rings. The van der Waals surface area contributed by atoms with Crippen molar-refractivity contribution in [2.75, 3.05) is 0 Å². The summed E-state index contributed by atoms with van der Waals surface area (Å²) in [7, 11) is 0. The second-order valence-corrected chi connectivity index (χ2v) is 5.65. The summed E-state index contributed by atoms with van der Waals surface area (Å²) in [5.74, 6) is -0.859. The summed E-state index contributed by atoms with van der Waals surface area (Å²) in [4.78, 5) is 23.9. The first kappa shape index (κ1) is 12.8. The summed E-state index contributed by atoms with van der Waals surface area (Å²) in [6.07, 6.45) is 0. The Bertz CT molecular complexity index is 486. The Morgan fingerprint density at radius 3 is 2.11 bits per heavy atom. The number of aryl methyl sites for hydroxylation is 1. The molecule has 1 saturated heterocycles. The third-order valence-electron chi connectivity index (χ3n) is 3.02. The van der Waals surface area contributed by atoms with Crippen LogP contribution in [0.2, 0.25) is 0 Å². The molecule has 4 nitrogen and oxygen atoms in total. The molecular formula is C14H18N2O2. The molecule has 1 N–H and O–H groups in total. The van der Waals surface area contributed by atoms with Crippen molar-refractivity contribution in [3.8, 4) is 0 Å². The number of rotatable bonds is 1. The first-order valence-electron chi connectivity index (χ1n) is 6.02. The van der Waals surface area contributed by atoms with Crippen LogP contribution in [0.1, 0.15) is 37.9 Å². The molecule has 1 fully saturated rings. The molecule has 1 aliphatic heterocycles. The maximum atomic E-state index is 12.0. The van der Waals surface area contributed by atoms with E-state index in [2.05, 4.69) is 5.43 Å². The number of hydrogen-bond donors (Lipinski definition) is 1. The maximum Gasteiger partial charge on any atom is 0.306 e. The highest BCUT2D eigenvalue weighted by Crippen LogP contribution is 2.25. The van der Waals surface area contributed by atoms with Gasteiger partial charge in [0.2, 0.25) is 5.78 Å². The molecule has 1 atom stereocenters. The highest BCUT2D eigenvalue weighted by Gasteiger charge is 2.43. The van der Waals surface area contributed by atoms with Crippen LogP contribution in [0.15, 0.2) is 24.3 Å². The maximum absolute atomic E-state index is 12.0. The molecule has 1 heterocycles. The molecule has 0 aliphatic carbocycles. The Morgan fingerprint density at radius 2 is 1.67 bits per heavy atom. The van der Waals surface area contributed by atoms with Crippen molar-refractivity contribution in [2.45, 2.75) is 39.3 Å². The van der Waals surface area contributed by atoms with Crippen LogP contribution in [0.25, 0.3) is 0 Å². The topological polar surface area (TPSA) is 49.4 Å². The summed E-state index contributed by atoms with van der Waals surface area (Å²) in [6.45, 7) is 7.66. The number of nitrogens with zero attached hydrogens (tertiary/aromatic N) is 1. The summed E-state index contributed by atoms with van der Waals surface area (Å²) in [5, 5.41) is 1.42. The van der Waals surface area contributed by atoms with Crippen LogP contribution in [0.4, 0.5) is 0 Å². The van der Waals surface area contributed by atoms with Gasteiger partial charge in [-0.25, -0.2) is 5.43 Å². The van der Waals surface area contributed by atoms with Gasteiger partial charge < -0.3 is 0 Å². The average Bonchev–Trinajstić information content (AvgIpc) is 2.57. The van der Waals surface area contributed by atoms with E-state index in [1.165, 1.54) is 5.01 Å². The van der Waals surface area contributed by atoms with E-state index in [1.54, 1.807) is 0 Å². The zero-order valence-electron chi connectivity index (χ0n) is 11.2. The van der Waals surface area contributed by atoms with Crippen LogP contribution in [-0.4, -0.2) is 22.2 Å². The highest BCUT2D eigenvalue weighted by molar-refractivity contribution is 6.39. The zero-order chi connectivity index (χ0) is 13.5. The van der Waals surface area contributed by atoms with Crippen molar-refractivity contribution in [2.24, 2.45) is 0 Å². The van der Waals surface area contributed by atoms with Gasteiger partial charge >= 0.3 is 5.91 Å². The number of hydrazine groups is 1. The number of benzene rings is 1. The number of ketones is 1. The van der Waals surface area contributed by atoms with Crippen LogP contribution in [0.5, 0.6) is 0 Å². The zero-order valence-corrected chi connectivity index (χ0v) is 11.2. The van der Waals surface area contributed by atoms with Gasteiger partial charge in [0.1, 0.15) is 6.04 Å². The molecule has 96 valence electrons. The molecule has 0 saturated carbocycles. The smallest absolute Gasteiger partial charge is 0.286 e. The van der Waals surface area contributed by atoms with Crippen molar-refractivity contribution in [1.82, 2.24) is 10.4 Å². The summed E-state index contributed by atoms with van der Waals surface area (Å²) >= 11 is 0. The molecule has 0 aromatic heterocycles. The Balaban J connectivity index is 2.29. The molecular weight excluding hydrogens is 228 g/mol. The van der Waals surface area contributed by atoms with Crippen LogP contribution in [0, 0.1) is 6.92 Å². The highest BCUT2D eigenvalue weighted by atomic mass is 16.2. The minimum Gasteiger partial charge on any atom is -0.286 e. The number of amides is 1. The van der Waals surface area contributed by atoms with Crippen molar-refractivity contribution >= 4 is 11.7 Å². The van der Waals surface area contributed by atoms with Gasteiger partial charge in [0.15, 0.2) is 0 Å². The molecule has 2 rings (SSSR count). The fraction of sp³-hybridized carbons (Fsp3) is 0.429. The van der Waals surface area contributed by atoms with Crippen molar-refractivity contribution < 1.29 is 9.59 Å². The van der Waals surface area contributed by atoms with Crippen LogP contribution >= 0.6 is 0 Å². The number of hydrogen-bond acceptors (Lipinski definition) is 3. The molecule has 1 aromatic carbocycles. The predicted octanol–water partition coefficient (Wildman–Crippen LogP) is 1.75. The first-order chi connectivity index (χ1) is 8.30. The fourth-order valence-electron chi connectivity index (χ4n) is 1.96. The Kier molecular flexibility index (Phi) is 2.99. The number of carbonyl (C=O) groups excluding carboxylic acids is 2. The SMILES string of the molecule is Cc1ccc(C2NN(C(C)(C)C)C(=O)C2=O)cc1. The molecule has 1 aromatic rings. The van der Waals surface area contributed by atoms with E-state index in [1.807, 2.05) is 52.0 Å². The van der Waals surface area contributed by atoms with Gasteiger partial charge in [-0.05, 0) is 33.3 Å². The van der Waals surface area contributed by atoms with E-state index in [0.29, 0.717) is 0 Å². The lowest BCUT2D eigenvalue weighted by atomic mass is 10.0. The lowest BCUT2D eigenvalue weighted by Crippen LogP contribution is -2.49. The van der Waals surface area contributed by atoms with E-state index < -0.39 is 23.3 Å². The monoisotopic (exact) mass is 246 g/mol. The molecule has 4 heteroatoms. The van der Waals surface area contributed by atoms with Gasteiger partial charge in [-0.3, -0.25) is 14.6 Å². The van der Waals surface area contributed by atoms with Crippen LogP contribution in [-0.2, 0) is 9.59 Å². The Labute approximate surface area is 107 Å². The lowest BCUT2D eigenvalue weighted by molar-refractivity contribution is -0.143. The number of carbonyl (C=O) groups is 2. The Hall–Kier alpha value is -1.68. The van der Waals surface area contributed by atoms with Crippen LogP contribution < -0.4 is 5.43 Å². The molecule has 1 amide bonds. The molecule has 0 bridgehead atoms. The predicted molar refractivity (Wildman–Crippen MR) is 68.7 cm³/mol. The van der Waals surface area contributed by atoms with Crippen molar-refractivity contribution in [1.29, 1.82) is 0 Å². The number of Topliss-reactive ketones (excluding diaryl/α,β-unsaturated/α-hetero) is 1. The van der Waals surface area contributed by atoms with E-state index in [9.17, 15) is 9.59 Å².